The highest BCUT2D eigenvalue weighted by Gasteiger charge is 2.09. The molecule has 0 unspecified atom stereocenters. The number of nitriles is 1. The number of nitrogens with zero attached hydrogens (tertiary/aromatic N) is 4. The second-order valence-electron chi connectivity index (χ2n) is 5.42. The molecule has 0 aliphatic heterocycles. The number of aromatic nitrogens is 2. The van der Waals surface area contributed by atoms with Gasteiger partial charge in [-0.15, -0.1) is 0 Å². The lowest BCUT2D eigenvalue weighted by Crippen LogP contribution is -1.93. The number of benzene rings is 1. The van der Waals surface area contributed by atoms with Crippen LogP contribution in [0, 0.1) is 21.4 Å². The largest absolute Gasteiger partial charge is 0.507 e. The number of nitrogens with one attached hydrogen (secondary N) is 1. The molecule has 0 saturated heterocycles. The molecule has 0 bridgehead atoms. The molecule has 1 aromatic carbocycles. The van der Waals surface area contributed by atoms with Crippen LogP contribution >= 0.6 is 0 Å². The molecule has 130 valence electrons. The fourth-order valence-electron chi connectivity index (χ4n) is 2.30. The van der Waals surface area contributed by atoms with Gasteiger partial charge in [-0.3, -0.25) is 20.2 Å². The summed E-state index contributed by atoms with van der Waals surface area (Å²) in [5.41, 5.74) is 6.94. The molecular formula is C16H18N6O3. The van der Waals surface area contributed by atoms with Crippen molar-refractivity contribution in [2.24, 2.45) is 4.99 Å². The van der Waals surface area contributed by atoms with E-state index >= 15 is 0 Å². The smallest absolute Gasteiger partial charge is 0.270 e. The van der Waals surface area contributed by atoms with Crippen molar-refractivity contribution in [3.8, 4) is 11.8 Å². The minimum atomic E-state index is -0.519. The fraction of sp³-hybridized carbons (Fsp3) is 0.312. The van der Waals surface area contributed by atoms with Crippen LogP contribution in [0.4, 0.5) is 11.5 Å². The van der Waals surface area contributed by atoms with Gasteiger partial charge in [0.1, 0.15) is 17.4 Å². The highest BCUT2D eigenvalue weighted by atomic mass is 16.6. The number of non-ortho nitro benzene ring substituents is 1. The minimum Gasteiger partial charge on any atom is -0.507 e. The Morgan fingerprint density at radius 2 is 2.24 bits per heavy atom. The van der Waals surface area contributed by atoms with Crippen molar-refractivity contribution in [1.82, 2.24) is 10.2 Å². The Labute approximate surface area is 144 Å². The van der Waals surface area contributed by atoms with Crippen molar-refractivity contribution in [3.05, 3.63) is 45.1 Å². The van der Waals surface area contributed by atoms with Crippen molar-refractivity contribution >= 4 is 17.7 Å². The maximum Gasteiger partial charge on any atom is 0.270 e. The molecule has 0 saturated carbocycles. The number of anilines is 1. The van der Waals surface area contributed by atoms with Crippen molar-refractivity contribution in [2.75, 3.05) is 12.3 Å². The van der Waals surface area contributed by atoms with Crippen LogP contribution in [-0.2, 0) is 6.42 Å². The number of H-pyrrole nitrogens is 1. The Morgan fingerprint density at radius 1 is 1.44 bits per heavy atom. The Balaban J connectivity index is 1.76. The number of rotatable bonds is 8. The lowest BCUT2D eigenvalue weighted by Gasteiger charge is -2.00. The van der Waals surface area contributed by atoms with E-state index < -0.39 is 4.92 Å². The summed E-state index contributed by atoms with van der Waals surface area (Å²) in [5.74, 6) is 0.175. The quantitative estimate of drug-likeness (QED) is 0.289. The van der Waals surface area contributed by atoms with E-state index in [2.05, 4.69) is 15.2 Å². The van der Waals surface area contributed by atoms with Gasteiger partial charge in [0.05, 0.1) is 10.6 Å². The predicted molar refractivity (Wildman–Crippen MR) is 92.5 cm³/mol. The summed E-state index contributed by atoms with van der Waals surface area (Å²) < 4.78 is 0. The lowest BCUT2D eigenvalue weighted by molar-refractivity contribution is -0.384. The standard InChI is InChI=1S/C16H18N6O3/c17-9-13-14(20-21-16(13)18)4-2-1-3-7-19-10-11-8-12(22(24)25)5-6-15(11)23/h5-6,8,10,23H,1-4,7H2,(H3,18,20,21). The first-order valence-electron chi connectivity index (χ1n) is 7.73. The Bertz CT molecular complexity index is 822. The second kappa shape index (κ2) is 8.44. The van der Waals surface area contributed by atoms with Gasteiger partial charge in [-0.2, -0.15) is 10.4 Å². The average molecular weight is 342 g/mol. The summed E-state index contributed by atoms with van der Waals surface area (Å²) in [7, 11) is 0. The Kier molecular flexibility index (Phi) is 6.06. The van der Waals surface area contributed by atoms with Gasteiger partial charge in [0, 0.05) is 30.5 Å². The summed E-state index contributed by atoms with van der Waals surface area (Å²) in [5, 5.41) is 35.9. The molecule has 1 heterocycles. The average Bonchev–Trinajstić information content (AvgIpc) is 2.95. The van der Waals surface area contributed by atoms with Crippen LogP contribution in [0.1, 0.15) is 36.1 Å². The van der Waals surface area contributed by atoms with Gasteiger partial charge >= 0.3 is 0 Å². The highest BCUT2D eigenvalue weighted by molar-refractivity contribution is 5.84. The van der Waals surface area contributed by atoms with Gasteiger partial charge in [-0.05, 0) is 25.3 Å². The fourth-order valence-corrected chi connectivity index (χ4v) is 2.30. The van der Waals surface area contributed by atoms with Gasteiger partial charge < -0.3 is 10.8 Å². The van der Waals surface area contributed by atoms with Crippen LogP contribution < -0.4 is 5.73 Å². The molecule has 0 spiro atoms. The van der Waals surface area contributed by atoms with Crippen molar-refractivity contribution < 1.29 is 10.0 Å². The van der Waals surface area contributed by atoms with Crippen molar-refractivity contribution in [3.63, 3.8) is 0 Å². The summed E-state index contributed by atoms with van der Waals surface area (Å²) >= 11 is 0. The van der Waals surface area contributed by atoms with Crippen molar-refractivity contribution in [1.29, 1.82) is 5.26 Å². The SMILES string of the molecule is N#Cc1c(N)n[nH]c1CCCCCN=Cc1cc([N+](=O)[O-])ccc1O. The zero-order valence-corrected chi connectivity index (χ0v) is 13.5. The zero-order valence-electron chi connectivity index (χ0n) is 13.5. The number of nitrogen functional groups attached to an aromatic ring is 1. The predicted octanol–water partition coefficient (Wildman–Crippen LogP) is 2.31. The molecule has 2 aromatic rings. The molecule has 0 fully saturated rings. The van der Waals surface area contributed by atoms with E-state index in [-0.39, 0.29) is 17.3 Å². The van der Waals surface area contributed by atoms with Crippen LogP contribution in [0.25, 0.3) is 0 Å². The summed E-state index contributed by atoms with van der Waals surface area (Å²) in [6.45, 7) is 0.540. The second-order valence-corrected chi connectivity index (χ2v) is 5.42. The number of unbranched alkanes of at least 4 members (excludes halogenated alkanes) is 2. The number of nitro benzene ring substituents is 1. The third-order valence-electron chi connectivity index (χ3n) is 3.65. The number of aryl methyl sites for hydroxylation is 1. The number of nitrogens with two attached hydrogens (primary N) is 1. The molecule has 0 atom stereocenters. The normalized spacial score (nSPS) is 10.8. The monoisotopic (exact) mass is 342 g/mol. The van der Waals surface area contributed by atoms with Gasteiger partial charge in [0.2, 0.25) is 0 Å². The van der Waals surface area contributed by atoms with E-state index in [9.17, 15) is 15.2 Å². The first kappa shape index (κ1) is 17.9. The van der Waals surface area contributed by atoms with Crippen LogP contribution in [0.2, 0.25) is 0 Å². The number of hydrogen-bond donors (Lipinski definition) is 3. The van der Waals surface area contributed by atoms with E-state index in [1.54, 1.807) is 0 Å². The van der Waals surface area contributed by atoms with Crippen molar-refractivity contribution in [2.45, 2.75) is 25.7 Å². The molecule has 9 heteroatoms. The molecule has 0 radical (unpaired) electrons. The molecular weight excluding hydrogens is 324 g/mol. The van der Waals surface area contributed by atoms with Gasteiger partial charge in [0.25, 0.3) is 5.69 Å². The maximum atomic E-state index is 10.7. The molecule has 0 aliphatic carbocycles. The maximum absolute atomic E-state index is 10.7. The molecule has 1 aromatic heterocycles. The summed E-state index contributed by atoms with van der Waals surface area (Å²) in [6, 6.07) is 5.83. The van der Waals surface area contributed by atoms with Crippen LogP contribution in [-0.4, -0.2) is 33.0 Å². The summed E-state index contributed by atoms with van der Waals surface area (Å²) in [6.07, 6.45) is 4.68. The van der Waals surface area contributed by atoms with Crippen LogP contribution in [0.15, 0.2) is 23.2 Å². The van der Waals surface area contributed by atoms with Gasteiger partial charge in [-0.1, -0.05) is 6.42 Å². The Hall–Kier alpha value is -3.41. The molecule has 2 rings (SSSR count). The first-order chi connectivity index (χ1) is 12.0. The number of aromatic hydroxyl groups is 1. The zero-order chi connectivity index (χ0) is 18.2. The first-order valence-corrected chi connectivity index (χ1v) is 7.73. The summed E-state index contributed by atoms with van der Waals surface area (Å²) in [4.78, 5) is 14.4. The number of hydrogen-bond acceptors (Lipinski definition) is 7. The van der Waals surface area contributed by atoms with E-state index in [0.29, 0.717) is 24.1 Å². The topological polar surface area (TPSA) is 154 Å². The van der Waals surface area contributed by atoms with Crippen LogP contribution in [0.5, 0.6) is 5.75 Å². The lowest BCUT2D eigenvalue weighted by atomic mass is 10.1. The number of aromatic amines is 1. The van der Waals surface area contributed by atoms with Gasteiger partial charge in [0.15, 0.2) is 5.82 Å². The van der Waals surface area contributed by atoms with E-state index in [0.717, 1.165) is 25.0 Å². The Morgan fingerprint density at radius 3 is 2.96 bits per heavy atom. The number of phenolic OH excluding ortho intramolecular Hbond substituents is 1. The number of nitro groups is 1. The van der Waals surface area contributed by atoms with Gasteiger partial charge in [-0.25, -0.2) is 0 Å². The van der Waals surface area contributed by atoms with E-state index in [1.165, 1.54) is 24.4 Å². The molecule has 0 aliphatic rings. The number of aliphatic imine (C=N–C) groups is 1. The van der Waals surface area contributed by atoms with Crippen LogP contribution in [0.3, 0.4) is 0 Å². The molecule has 4 N–H and O–H groups in total. The minimum absolute atomic E-state index is 0.0461. The molecule has 25 heavy (non-hydrogen) atoms. The van der Waals surface area contributed by atoms with E-state index in [4.69, 9.17) is 11.0 Å². The molecule has 9 nitrogen and oxygen atoms in total. The third-order valence-corrected chi connectivity index (χ3v) is 3.65. The highest BCUT2D eigenvalue weighted by Crippen LogP contribution is 2.21. The van der Waals surface area contributed by atoms with E-state index in [1.807, 2.05) is 6.07 Å². The third kappa shape index (κ3) is 4.78. The number of phenols is 1. The molecule has 0 amide bonds.